The number of fused-ring (bicyclic) bond motifs is 2. The van der Waals surface area contributed by atoms with Gasteiger partial charge in [-0.3, -0.25) is 13.7 Å². The Morgan fingerprint density at radius 1 is 1.05 bits per heavy atom. The zero-order valence-electron chi connectivity index (χ0n) is 23.3. The molecule has 6 aromatic rings. The molecule has 2 heterocycles. The summed E-state index contributed by atoms with van der Waals surface area (Å²) >= 11 is 0. The Hall–Kier alpha value is -5.47. The molecular formula is C32H24FN5O4S. The van der Waals surface area contributed by atoms with Crippen LogP contribution in [0.15, 0.2) is 89.6 Å². The van der Waals surface area contributed by atoms with Gasteiger partial charge in [0.05, 0.1) is 40.2 Å². The fourth-order valence-electron chi connectivity index (χ4n) is 5.06. The summed E-state index contributed by atoms with van der Waals surface area (Å²) in [4.78, 5) is 17.7. The number of nitrogens with zero attached hydrogens (tertiary/aromatic N) is 4. The standard InChI is InChI=1S/C32H24FN5O4S/c1-35-32(39)30-25-15-24(21-9-12-26-28(14-21)38(18-36-26)23-6-4-5-19(13-23)17-34)27(37(2)43(3,40)41)16-29(25)42-31(30)20-7-10-22(33)11-8-20/h4-16,18H,1-3H3,(H,35,39). The number of hydrogen-bond acceptors (Lipinski definition) is 6. The zero-order valence-corrected chi connectivity index (χ0v) is 24.1. The smallest absolute Gasteiger partial charge is 0.255 e. The van der Waals surface area contributed by atoms with Crippen molar-refractivity contribution in [2.24, 2.45) is 0 Å². The van der Waals surface area contributed by atoms with E-state index in [-0.39, 0.29) is 16.9 Å². The molecule has 0 saturated heterocycles. The Morgan fingerprint density at radius 3 is 2.49 bits per heavy atom. The minimum Gasteiger partial charge on any atom is -0.455 e. The normalized spacial score (nSPS) is 11.5. The van der Waals surface area contributed by atoms with Gasteiger partial charge < -0.3 is 9.73 Å². The van der Waals surface area contributed by atoms with Crippen LogP contribution in [-0.4, -0.2) is 44.2 Å². The average Bonchev–Trinajstić information content (AvgIpc) is 3.60. The molecule has 9 nitrogen and oxygen atoms in total. The van der Waals surface area contributed by atoms with E-state index in [9.17, 15) is 22.9 Å². The van der Waals surface area contributed by atoms with E-state index >= 15 is 0 Å². The predicted octanol–water partition coefficient (Wildman–Crippen LogP) is 5.87. The molecule has 1 N–H and O–H groups in total. The van der Waals surface area contributed by atoms with Crippen molar-refractivity contribution >= 4 is 43.6 Å². The molecule has 0 radical (unpaired) electrons. The maximum Gasteiger partial charge on any atom is 0.255 e. The van der Waals surface area contributed by atoms with E-state index in [0.717, 1.165) is 21.8 Å². The summed E-state index contributed by atoms with van der Waals surface area (Å²) in [6.45, 7) is 0. The molecule has 0 aliphatic rings. The van der Waals surface area contributed by atoms with E-state index in [4.69, 9.17) is 4.42 Å². The molecule has 0 spiro atoms. The molecule has 0 unspecified atom stereocenters. The van der Waals surface area contributed by atoms with Crippen molar-refractivity contribution in [2.45, 2.75) is 0 Å². The van der Waals surface area contributed by atoms with Crippen molar-refractivity contribution < 1.29 is 22.0 Å². The number of nitriles is 1. The summed E-state index contributed by atoms with van der Waals surface area (Å²) in [5, 5.41) is 12.5. The lowest BCUT2D eigenvalue weighted by atomic mass is 9.98. The first-order valence-corrected chi connectivity index (χ1v) is 14.9. The van der Waals surface area contributed by atoms with Gasteiger partial charge >= 0.3 is 0 Å². The highest BCUT2D eigenvalue weighted by molar-refractivity contribution is 7.92. The van der Waals surface area contributed by atoms with Crippen molar-refractivity contribution in [1.29, 1.82) is 5.26 Å². The van der Waals surface area contributed by atoms with Crippen molar-refractivity contribution in [3.63, 3.8) is 0 Å². The lowest BCUT2D eigenvalue weighted by Gasteiger charge is -2.21. The van der Waals surface area contributed by atoms with E-state index < -0.39 is 21.7 Å². The molecule has 43 heavy (non-hydrogen) atoms. The highest BCUT2D eigenvalue weighted by Crippen LogP contribution is 2.42. The minimum atomic E-state index is -3.70. The van der Waals surface area contributed by atoms with Crippen LogP contribution in [0.4, 0.5) is 10.1 Å². The van der Waals surface area contributed by atoms with Gasteiger partial charge in [0.2, 0.25) is 10.0 Å². The van der Waals surface area contributed by atoms with E-state index in [1.807, 2.05) is 28.8 Å². The number of halogens is 1. The molecule has 2 aromatic heterocycles. The van der Waals surface area contributed by atoms with E-state index in [0.29, 0.717) is 38.8 Å². The molecule has 214 valence electrons. The Morgan fingerprint density at radius 2 is 1.79 bits per heavy atom. The number of sulfonamides is 1. The third-order valence-electron chi connectivity index (χ3n) is 7.32. The molecule has 0 fully saturated rings. The molecule has 0 bridgehead atoms. The summed E-state index contributed by atoms with van der Waals surface area (Å²) in [6, 6.07) is 23.7. The molecule has 1 amide bonds. The Bertz CT molecular complexity index is 2210. The van der Waals surface area contributed by atoms with Gasteiger partial charge in [-0.1, -0.05) is 12.1 Å². The molecule has 0 saturated carbocycles. The summed E-state index contributed by atoms with van der Waals surface area (Å²) in [5.74, 6) is -0.626. The molecule has 4 aromatic carbocycles. The number of carbonyl (C=O) groups excluding carboxylic acids is 1. The van der Waals surface area contributed by atoms with Crippen molar-refractivity contribution in [3.05, 3.63) is 102 Å². The van der Waals surface area contributed by atoms with Gasteiger partial charge in [0.15, 0.2) is 0 Å². The summed E-state index contributed by atoms with van der Waals surface area (Å²) in [6.07, 6.45) is 2.76. The number of amides is 1. The fourth-order valence-corrected chi connectivity index (χ4v) is 5.57. The second-order valence-electron chi connectivity index (χ2n) is 9.97. The highest BCUT2D eigenvalue weighted by atomic mass is 32.2. The largest absolute Gasteiger partial charge is 0.455 e. The molecule has 6 rings (SSSR count). The molecule has 0 aliphatic heterocycles. The summed E-state index contributed by atoms with van der Waals surface area (Å²) in [7, 11) is -0.761. The maximum absolute atomic E-state index is 13.7. The van der Waals surface area contributed by atoms with Gasteiger partial charge in [0.25, 0.3) is 5.91 Å². The molecular weight excluding hydrogens is 569 g/mol. The third kappa shape index (κ3) is 4.87. The lowest BCUT2D eigenvalue weighted by Crippen LogP contribution is -2.25. The maximum atomic E-state index is 13.7. The Balaban J connectivity index is 1.63. The quantitative estimate of drug-likeness (QED) is 0.258. The number of benzene rings is 4. The number of aromatic nitrogens is 2. The molecule has 0 aliphatic carbocycles. The van der Waals surface area contributed by atoms with Gasteiger partial charge in [0.1, 0.15) is 23.5 Å². The molecule has 11 heteroatoms. The zero-order chi connectivity index (χ0) is 30.5. The van der Waals surface area contributed by atoms with Gasteiger partial charge in [-0.05, 0) is 66.2 Å². The second-order valence-corrected chi connectivity index (χ2v) is 12.0. The van der Waals surface area contributed by atoms with Crippen LogP contribution < -0.4 is 9.62 Å². The van der Waals surface area contributed by atoms with Crippen LogP contribution in [0.1, 0.15) is 15.9 Å². The van der Waals surface area contributed by atoms with Crippen LogP contribution in [0.25, 0.3) is 50.1 Å². The number of carbonyl (C=O) groups is 1. The number of furan rings is 1. The van der Waals surface area contributed by atoms with Crippen molar-refractivity contribution in [1.82, 2.24) is 14.9 Å². The van der Waals surface area contributed by atoms with Crippen molar-refractivity contribution in [3.8, 4) is 34.2 Å². The first kappa shape index (κ1) is 27.7. The minimum absolute atomic E-state index is 0.227. The third-order valence-corrected chi connectivity index (χ3v) is 8.51. The lowest BCUT2D eigenvalue weighted by molar-refractivity contribution is 0.0964. The van der Waals surface area contributed by atoms with Crippen LogP contribution in [-0.2, 0) is 10.0 Å². The number of nitrogens with one attached hydrogen (secondary N) is 1. The number of imidazole rings is 1. The van der Waals surface area contributed by atoms with Gasteiger partial charge in [-0.15, -0.1) is 0 Å². The molecule has 0 atom stereocenters. The van der Waals surface area contributed by atoms with Crippen LogP contribution in [0, 0.1) is 17.1 Å². The van der Waals surface area contributed by atoms with Gasteiger partial charge in [-0.2, -0.15) is 5.26 Å². The van der Waals surface area contributed by atoms with Crippen LogP contribution in [0.5, 0.6) is 0 Å². The SMILES string of the molecule is CNC(=O)c1c(-c2ccc(F)cc2)oc2cc(N(C)S(C)(=O)=O)c(-c3ccc4ncn(-c5cccc(C#N)c5)c4c3)cc12. The first-order chi connectivity index (χ1) is 20.6. The predicted molar refractivity (Wildman–Crippen MR) is 163 cm³/mol. The number of rotatable bonds is 6. The van der Waals surface area contributed by atoms with Crippen molar-refractivity contribution in [2.75, 3.05) is 24.7 Å². The first-order valence-electron chi connectivity index (χ1n) is 13.1. The van der Waals surface area contributed by atoms with Crippen LogP contribution >= 0.6 is 0 Å². The number of anilines is 1. The summed E-state index contributed by atoms with van der Waals surface area (Å²) in [5.41, 5.74) is 5.17. The Kier molecular flexibility index (Phi) is 6.71. The van der Waals surface area contributed by atoms with E-state index in [1.165, 1.54) is 38.4 Å². The van der Waals surface area contributed by atoms with Crippen LogP contribution in [0.3, 0.4) is 0 Å². The van der Waals surface area contributed by atoms with Gasteiger partial charge in [0, 0.05) is 42.4 Å². The number of hydrogen-bond donors (Lipinski definition) is 1. The monoisotopic (exact) mass is 593 g/mol. The average molecular weight is 594 g/mol. The fraction of sp³-hybridized carbons (Fsp3) is 0.0938. The highest BCUT2D eigenvalue weighted by Gasteiger charge is 2.26. The second kappa shape index (κ2) is 10.4. The summed E-state index contributed by atoms with van der Waals surface area (Å²) < 4.78 is 48.4. The Labute approximate surface area is 246 Å². The van der Waals surface area contributed by atoms with Crippen LogP contribution in [0.2, 0.25) is 0 Å². The van der Waals surface area contributed by atoms with E-state index in [2.05, 4.69) is 16.4 Å². The topological polar surface area (TPSA) is 121 Å². The van der Waals surface area contributed by atoms with Gasteiger partial charge in [-0.25, -0.2) is 17.8 Å². The van der Waals surface area contributed by atoms with E-state index in [1.54, 1.807) is 36.7 Å².